The van der Waals surface area contributed by atoms with Crippen LogP contribution >= 0.6 is 0 Å². The molecule has 0 bridgehead atoms. The van der Waals surface area contributed by atoms with Crippen LogP contribution in [0, 0.1) is 5.92 Å². The average molecular weight is 370 g/mol. The Labute approximate surface area is 148 Å². The van der Waals surface area contributed by atoms with Gasteiger partial charge in [-0.3, -0.25) is 0 Å². The number of ether oxygens (including phenoxy) is 2. The molecule has 2 aliphatic heterocycles. The van der Waals surface area contributed by atoms with Crippen molar-refractivity contribution in [1.29, 1.82) is 0 Å². The summed E-state index contributed by atoms with van der Waals surface area (Å²) in [6.07, 6.45) is 10.2. The summed E-state index contributed by atoms with van der Waals surface area (Å²) < 4.78 is 39.0. The van der Waals surface area contributed by atoms with Crippen LogP contribution in [0.1, 0.15) is 43.8 Å². The zero-order valence-corrected chi connectivity index (χ0v) is 15.3. The van der Waals surface area contributed by atoms with Crippen LogP contribution in [0.25, 0.3) is 0 Å². The lowest BCUT2D eigenvalue weighted by atomic mass is 9.86. The predicted molar refractivity (Wildman–Crippen MR) is 90.6 cm³/mol. The molecule has 1 aliphatic carbocycles. The van der Waals surface area contributed by atoms with E-state index < -0.39 is 10.0 Å². The highest BCUT2D eigenvalue weighted by molar-refractivity contribution is 7.88. The van der Waals surface area contributed by atoms with Crippen molar-refractivity contribution < 1.29 is 17.9 Å². The van der Waals surface area contributed by atoms with Crippen LogP contribution in [0.2, 0.25) is 0 Å². The second-order valence-electron chi connectivity index (χ2n) is 7.56. The third-order valence-corrected chi connectivity index (χ3v) is 6.24. The Kier molecular flexibility index (Phi) is 4.83. The van der Waals surface area contributed by atoms with E-state index in [1.165, 1.54) is 32.1 Å². The number of hydrogen-bond donors (Lipinski definition) is 1. The normalized spacial score (nSPS) is 33.6. The molecule has 1 N–H and O–H groups in total. The summed E-state index contributed by atoms with van der Waals surface area (Å²) >= 11 is 0. The molecule has 3 fully saturated rings. The molecular formula is C16H26N4O4S. The highest BCUT2D eigenvalue weighted by Crippen LogP contribution is 2.34. The molecule has 0 amide bonds. The second kappa shape index (κ2) is 6.94. The Morgan fingerprint density at radius 1 is 1.20 bits per heavy atom. The maximum atomic E-state index is 11.5. The molecule has 0 radical (unpaired) electrons. The van der Waals surface area contributed by atoms with Crippen LogP contribution in [0.4, 0.5) is 0 Å². The van der Waals surface area contributed by atoms with Crippen LogP contribution in [-0.4, -0.2) is 61.1 Å². The quantitative estimate of drug-likeness (QED) is 0.818. The minimum absolute atomic E-state index is 0.0519. The van der Waals surface area contributed by atoms with Crippen LogP contribution in [0.3, 0.4) is 0 Å². The lowest BCUT2D eigenvalue weighted by molar-refractivity contribution is 0.0624. The standard InChI is InChI=1S/C16H26N4O4S/c1-25(21,22)18-13-9-23-16-14(10-24-15(13)16)20-8-12(17-19-20)7-11-5-3-2-4-6-11/h8,11,13-16,18H,2-7,9-10H2,1H3. The molecule has 3 heterocycles. The first-order valence-electron chi connectivity index (χ1n) is 9.11. The summed E-state index contributed by atoms with van der Waals surface area (Å²) in [5, 5.41) is 8.63. The van der Waals surface area contributed by atoms with E-state index in [1.807, 2.05) is 10.9 Å². The number of nitrogens with one attached hydrogen (secondary N) is 1. The molecule has 4 unspecified atom stereocenters. The molecule has 8 nitrogen and oxygen atoms in total. The topological polar surface area (TPSA) is 95.3 Å². The summed E-state index contributed by atoms with van der Waals surface area (Å²) in [6.45, 7) is 0.784. The van der Waals surface area contributed by atoms with E-state index in [-0.39, 0.29) is 24.3 Å². The number of sulfonamides is 1. The van der Waals surface area contributed by atoms with Gasteiger partial charge in [0.25, 0.3) is 0 Å². The fourth-order valence-corrected chi connectivity index (χ4v) is 5.09. The molecule has 25 heavy (non-hydrogen) atoms. The van der Waals surface area contributed by atoms with Gasteiger partial charge in [-0.2, -0.15) is 0 Å². The average Bonchev–Trinajstić information content (AvgIpc) is 3.25. The number of hydrogen-bond acceptors (Lipinski definition) is 6. The van der Waals surface area contributed by atoms with E-state index in [4.69, 9.17) is 9.47 Å². The van der Waals surface area contributed by atoms with Gasteiger partial charge in [0.2, 0.25) is 10.0 Å². The molecule has 4 atom stereocenters. The van der Waals surface area contributed by atoms with Gasteiger partial charge in [-0.15, -0.1) is 5.10 Å². The SMILES string of the molecule is CS(=O)(=O)NC1COC2C1OCC2n1cc(CC2CCCCC2)nn1. The second-order valence-corrected chi connectivity index (χ2v) is 9.34. The molecule has 3 aliphatic rings. The van der Waals surface area contributed by atoms with E-state index in [9.17, 15) is 8.42 Å². The van der Waals surface area contributed by atoms with Crippen LogP contribution in [-0.2, 0) is 25.9 Å². The van der Waals surface area contributed by atoms with Gasteiger partial charge < -0.3 is 9.47 Å². The maximum Gasteiger partial charge on any atom is 0.209 e. The van der Waals surface area contributed by atoms with Crippen molar-refractivity contribution in [3.05, 3.63) is 11.9 Å². The summed E-state index contributed by atoms with van der Waals surface area (Å²) in [5.41, 5.74) is 1.03. The van der Waals surface area contributed by atoms with Gasteiger partial charge in [0.15, 0.2) is 0 Å². The Balaban J connectivity index is 1.40. The van der Waals surface area contributed by atoms with Crippen LogP contribution in [0.15, 0.2) is 6.20 Å². The molecule has 9 heteroatoms. The zero-order chi connectivity index (χ0) is 17.4. The van der Waals surface area contributed by atoms with Gasteiger partial charge in [-0.25, -0.2) is 17.8 Å². The molecule has 2 saturated heterocycles. The highest BCUT2D eigenvalue weighted by atomic mass is 32.2. The van der Waals surface area contributed by atoms with E-state index in [0.29, 0.717) is 13.2 Å². The van der Waals surface area contributed by atoms with Crippen molar-refractivity contribution in [2.45, 2.75) is 62.8 Å². The minimum atomic E-state index is -3.29. The minimum Gasteiger partial charge on any atom is -0.371 e. The monoisotopic (exact) mass is 370 g/mol. The van der Waals surface area contributed by atoms with Gasteiger partial charge in [0, 0.05) is 6.20 Å². The third kappa shape index (κ3) is 3.89. The fourth-order valence-electron chi connectivity index (χ4n) is 4.34. The molecule has 0 aromatic carbocycles. The molecule has 1 aromatic rings. The van der Waals surface area contributed by atoms with E-state index >= 15 is 0 Å². The van der Waals surface area contributed by atoms with Crippen molar-refractivity contribution in [2.24, 2.45) is 5.92 Å². The van der Waals surface area contributed by atoms with Crippen molar-refractivity contribution in [1.82, 2.24) is 19.7 Å². The van der Waals surface area contributed by atoms with Crippen molar-refractivity contribution >= 4 is 10.0 Å². The summed E-state index contributed by atoms with van der Waals surface area (Å²) in [5.74, 6) is 0.720. The van der Waals surface area contributed by atoms with Crippen LogP contribution < -0.4 is 4.72 Å². The lowest BCUT2D eigenvalue weighted by Gasteiger charge is -2.20. The zero-order valence-electron chi connectivity index (χ0n) is 14.5. The fraction of sp³-hybridized carbons (Fsp3) is 0.875. The molecule has 140 valence electrons. The highest BCUT2D eigenvalue weighted by Gasteiger charge is 2.49. The van der Waals surface area contributed by atoms with Crippen LogP contribution in [0.5, 0.6) is 0 Å². The number of rotatable bonds is 5. The van der Waals surface area contributed by atoms with Crippen molar-refractivity contribution in [3.63, 3.8) is 0 Å². The summed E-state index contributed by atoms with van der Waals surface area (Å²) in [7, 11) is -3.29. The van der Waals surface area contributed by atoms with E-state index in [2.05, 4.69) is 15.0 Å². The smallest absolute Gasteiger partial charge is 0.209 e. The summed E-state index contributed by atoms with van der Waals surface area (Å²) in [6, 6.07) is -0.390. The summed E-state index contributed by atoms with van der Waals surface area (Å²) in [4.78, 5) is 0. The first-order chi connectivity index (χ1) is 12.0. The van der Waals surface area contributed by atoms with Gasteiger partial charge in [0.1, 0.15) is 18.2 Å². The largest absolute Gasteiger partial charge is 0.371 e. The first kappa shape index (κ1) is 17.4. The van der Waals surface area contributed by atoms with Gasteiger partial charge in [-0.1, -0.05) is 37.3 Å². The number of fused-ring (bicyclic) bond motifs is 1. The predicted octanol–water partition coefficient (Wildman–Crippen LogP) is 0.657. The molecule has 1 saturated carbocycles. The number of nitrogens with zero attached hydrogens (tertiary/aromatic N) is 3. The van der Waals surface area contributed by atoms with E-state index in [0.717, 1.165) is 24.3 Å². The first-order valence-corrected chi connectivity index (χ1v) is 11.0. The third-order valence-electron chi connectivity index (χ3n) is 5.51. The van der Waals surface area contributed by atoms with Crippen molar-refractivity contribution in [2.75, 3.05) is 19.5 Å². The maximum absolute atomic E-state index is 11.5. The lowest BCUT2D eigenvalue weighted by Crippen LogP contribution is -2.43. The number of aromatic nitrogens is 3. The van der Waals surface area contributed by atoms with Crippen molar-refractivity contribution in [3.8, 4) is 0 Å². The molecule has 4 rings (SSSR count). The Morgan fingerprint density at radius 2 is 1.96 bits per heavy atom. The molecule has 0 spiro atoms. The molecule has 1 aromatic heterocycles. The Bertz CT molecular complexity index is 701. The van der Waals surface area contributed by atoms with Gasteiger partial charge >= 0.3 is 0 Å². The Morgan fingerprint density at radius 3 is 2.72 bits per heavy atom. The molecular weight excluding hydrogens is 344 g/mol. The van der Waals surface area contributed by atoms with Gasteiger partial charge in [0.05, 0.1) is 31.2 Å². The van der Waals surface area contributed by atoms with Gasteiger partial charge in [-0.05, 0) is 12.3 Å². The Hall–Kier alpha value is -1.03. The van der Waals surface area contributed by atoms with E-state index in [1.54, 1.807) is 0 Å².